The molecule has 118 valence electrons. The first-order valence-corrected chi connectivity index (χ1v) is 6.88. The minimum absolute atomic E-state index is 0.128. The zero-order valence-corrected chi connectivity index (χ0v) is 12.9. The van der Waals surface area contributed by atoms with Crippen molar-refractivity contribution in [2.24, 2.45) is 5.92 Å². The van der Waals surface area contributed by atoms with Crippen LogP contribution in [-0.4, -0.2) is 32.1 Å². The number of methoxy groups -OCH3 is 2. The second-order valence-corrected chi connectivity index (χ2v) is 4.88. The molecule has 1 rings (SSSR count). The number of carbonyl (C=O) groups is 2. The summed E-state index contributed by atoms with van der Waals surface area (Å²) in [5, 5.41) is 11.4. The molecule has 1 amide bonds. The molecule has 0 fully saturated rings. The zero-order valence-electron chi connectivity index (χ0n) is 12.9. The third-order valence-electron chi connectivity index (χ3n) is 3.31. The number of nitriles is 1. The van der Waals surface area contributed by atoms with Gasteiger partial charge in [0.25, 0.3) is 5.91 Å². The van der Waals surface area contributed by atoms with Gasteiger partial charge in [-0.15, -0.1) is 0 Å². The van der Waals surface area contributed by atoms with Crippen molar-refractivity contribution in [3.05, 3.63) is 35.9 Å². The van der Waals surface area contributed by atoms with Crippen LogP contribution in [0, 0.1) is 17.2 Å². The lowest BCUT2D eigenvalue weighted by Crippen LogP contribution is -2.47. The normalized spacial score (nSPS) is 14.3. The fourth-order valence-electron chi connectivity index (χ4n) is 2.07. The molecule has 22 heavy (non-hydrogen) atoms. The van der Waals surface area contributed by atoms with Crippen molar-refractivity contribution in [1.29, 1.82) is 5.26 Å². The summed E-state index contributed by atoms with van der Waals surface area (Å²) >= 11 is 0. The Balaban J connectivity index is 2.89. The molecule has 0 aromatic heterocycles. The Bertz CT molecular complexity index is 539. The predicted octanol–water partition coefficient (Wildman–Crippen LogP) is 1.58. The van der Waals surface area contributed by atoms with E-state index in [1.54, 1.807) is 31.2 Å². The van der Waals surface area contributed by atoms with Gasteiger partial charge in [-0.25, -0.2) is 4.79 Å². The van der Waals surface area contributed by atoms with E-state index in [0.29, 0.717) is 5.56 Å². The lowest BCUT2D eigenvalue weighted by atomic mass is 9.98. The van der Waals surface area contributed by atoms with Gasteiger partial charge in [0.2, 0.25) is 0 Å². The van der Waals surface area contributed by atoms with Gasteiger partial charge in [-0.1, -0.05) is 37.3 Å². The van der Waals surface area contributed by atoms with Crippen molar-refractivity contribution in [1.82, 2.24) is 5.32 Å². The van der Waals surface area contributed by atoms with Crippen molar-refractivity contribution in [2.45, 2.75) is 25.5 Å². The molecule has 6 heteroatoms. The van der Waals surface area contributed by atoms with E-state index in [4.69, 9.17) is 14.7 Å². The molecular weight excluding hydrogens is 284 g/mol. The summed E-state index contributed by atoms with van der Waals surface area (Å²) in [6.45, 7) is 1.70. The summed E-state index contributed by atoms with van der Waals surface area (Å²) in [4.78, 5) is 24.2. The van der Waals surface area contributed by atoms with Gasteiger partial charge < -0.3 is 14.8 Å². The van der Waals surface area contributed by atoms with Gasteiger partial charge in [0, 0.05) is 19.4 Å². The molecule has 1 aromatic carbocycles. The molecule has 0 aliphatic carbocycles. The van der Waals surface area contributed by atoms with Crippen LogP contribution in [0.1, 0.15) is 25.0 Å². The number of hydrogen-bond donors (Lipinski definition) is 1. The lowest BCUT2D eigenvalue weighted by Gasteiger charge is -2.24. The van der Waals surface area contributed by atoms with E-state index in [-0.39, 0.29) is 12.3 Å². The highest BCUT2D eigenvalue weighted by molar-refractivity contribution is 5.87. The van der Waals surface area contributed by atoms with E-state index in [1.807, 2.05) is 12.1 Å². The fraction of sp³-hybridized carbons (Fsp3) is 0.438. The topological polar surface area (TPSA) is 88.4 Å². The highest BCUT2D eigenvalue weighted by Gasteiger charge is 2.31. The third kappa shape index (κ3) is 4.57. The zero-order chi connectivity index (χ0) is 16.5. The van der Waals surface area contributed by atoms with E-state index in [9.17, 15) is 9.59 Å². The van der Waals surface area contributed by atoms with Gasteiger partial charge in [-0.3, -0.25) is 4.79 Å². The fourth-order valence-corrected chi connectivity index (χ4v) is 2.07. The Hall–Kier alpha value is -2.39. The second-order valence-electron chi connectivity index (χ2n) is 4.88. The molecule has 1 aromatic rings. The highest BCUT2D eigenvalue weighted by atomic mass is 16.5. The molecule has 1 N–H and O–H groups in total. The number of rotatable bonds is 7. The molecule has 0 saturated carbocycles. The van der Waals surface area contributed by atoms with Crippen LogP contribution in [-0.2, 0) is 19.1 Å². The number of nitrogens with zero attached hydrogens (tertiary/aromatic N) is 1. The molecule has 0 saturated heterocycles. The maximum Gasteiger partial charge on any atom is 0.328 e. The Morgan fingerprint density at radius 1 is 1.27 bits per heavy atom. The minimum Gasteiger partial charge on any atom is -0.467 e. The van der Waals surface area contributed by atoms with Crippen LogP contribution in [0.15, 0.2) is 30.3 Å². The van der Waals surface area contributed by atoms with E-state index in [0.717, 1.165) is 0 Å². The van der Waals surface area contributed by atoms with E-state index in [1.165, 1.54) is 14.2 Å². The van der Waals surface area contributed by atoms with Crippen LogP contribution in [0.3, 0.4) is 0 Å². The Morgan fingerprint density at radius 2 is 1.91 bits per heavy atom. The average molecular weight is 304 g/mol. The molecule has 3 atom stereocenters. The van der Waals surface area contributed by atoms with Crippen molar-refractivity contribution in [2.75, 3.05) is 14.2 Å². The molecule has 0 aliphatic heterocycles. The van der Waals surface area contributed by atoms with Crippen LogP contribution in [0.4, 0.5) is 0 Å². The number of ether oxygens (including phenoxy) is 2. The first-order chi connectivity index (χ1) is 10.5. The molecule has 0 spiro atoms. The SMILES string of the molecule is COC(=O)[C@H](NC(=O)[C@H](OC)c1ccccc1)[C@H](C)CC#N. The van der Waals surface area contributed by atoms with Crippen molar-refractivity contribution in [3.63, 3.8) is 0 Å². The number of hydrogen-bond acceptors (Lipinski definition) is 5. The minimum atomic E-state index is -0.890. The summed E-state index contributed by atoms with van der Waals surface area (Å²) in [5.41, 5.74) is 0.680. The van der Waals surface area contributed by atoms with E-state index in [2.05, 4.69) is 5.32 Å². The van der Waals surface area contributed by atoms with Gasteiger partial charge in [0.05, 0.1) is 13.2 Å². The van der Waals surface area contributed by atoms with Crippen LogP contribution >= 0.6 is 0 Å². The molecular formula is C16H20N2O4. The second kappa shape index (κ2) is 8.80. The Labute approximate surface area is 130 Å². The van der Waals surface area contributed by atoms with Gasteiger partial charge in [-0.2, -0.15) is 5.26 Å². The van der Waals surface area contributed by atoms with Crippen LogP contribution in [0.5, 0.6) is 0 Å². The van der Waals surface area contributed by atoms with Gasteiger partial charge in [0.1, 0.15) is 6.04 Å². The van der Waals surface area contributed by atoms with Crippen LogP contribution < -0.4 is 5.32 Å². The summed E-state index contributed by atoms with van der Waals surface area (Å²) in [7, 11) is 2.66. The molecule has 0 heterocycles. The number of amides is 1. The summed E-state index contributed by atoms with van der Waals surface area (Å²) in [6.07, 6.45) is -0.703. The highest BCUT2D eigenvalue weighted by Crippen LogP contribution is 2.18. The maximum atomic E-state index is 12.4. The molecule has 0 bridgehead atoms. The number of esters is 1. The average Bonchev–Trinajstić information content (AvgIpc) is 2.53. The van der Waals surface area contributed by atoms with E-state index < -0.39 is 24.0 Å². The molecule has 6 nitrogen and oxygen atoms in total. The van der Waals surface area contributed by atoms with Gasteiger partial charge in [-0.05, 0) is 5.56 Å². The first kappa shape index (κ1) is 17.7. The summed E-state index contributed by atoms with van der Waals surface area (Å²) < 4.78 is 9.92. The monoisotopic (exact) mass is 304 g/mol. The molecule has 0 aliphatic rings. The Kier molecular flexibility index (Phi) is 7.06. The molecule has 0 radical (unpaired) electrons. The van der Waals surface area contributed by atoms with Crippen molar-refractivity contribution < 1.29 is 19.1 Å². The summed E-state index contributed by atoms with van der Waals surface area (Å²) in [6, 6.07) is 10.0. The van der Waals surface area contributed by atoms with E-state index >= 15 is 0 Å². The largest absolute Gasteiger partial charge is 0.467 e. The Morgan fingerprint density at radius 3 is 2.41 bits per heavy atom. The number of nitrogens with one attached hydrogen (secondary N) is 1. The standard InChI is InChI=1S/C16H20N2O4/c1-11(9-10-17)13(16(20)22-3)18-15(19)14(21-2)12-7-5-4-6-8-12/h4-8,11,13-14H,9H2,1-3H3,(H,18,19)/t11-,13-,14-/m1/s1. The maximum absolute atomic E-state index is 12.4. The first-order valence-electron chi connectivity index (χ1n) is 6.88. The lowest BCUT2D eigenvalue weighted by molar-refractivity contribution is -0.148. The number of carbonyl (C=O) groups excluding carboxylic acids is 2. The van der Waals surface area contributed by atoms with Gasteiger partial charge in [0.15, 0.2) is 6.10 Å². The van der Waals surface area contributed by atoms with Crippen LogP contribution in [0.25, 0.3) is 0 Å². The molecule has 0 unspecified atom stereocenters. The van der Waals surface area contributed by atoms with Crippen LogP contribution in [0.2, 0.25) is 0 Å². The van der Waals surface area contributed by atoms with Crippen molar-refractivity contribution >= 4 is 11.9 Å². The smallest absolute Gasteiger partial charge is 0.328 e. The summed E-state index contributed by atoms with van der Waals surface area (Å²) in [5.74, 6) is -1.40. The van der Waals surface area contributed by atoms with Gasteiger partial charge >= 0.3 is 5.97 Å². The quantitative estimate of drug-likeness (QED) is 0.773. The van der Waals surface area contributed by atoms with Crippen molar-refractivity contribution in [3.8, 4) is 6.07 Å². The number of benzene rings is 1. The third-order valence-corrected chi connectivity index (χ3v) is 3.31. The predicted molar refractivity (Wildman–Crippen MR) is 79.5 cm³/mol.